The van der Waals surface area contributed by atoms with Crippen LogP contribution in [-0.2, 0) is 11.3 Å². The second-order valence-corrected chi connectivity index (χ2v) is 8.26. The Bertz CT molecular complexity index is 1150. The molecule has 0 fully saturated rings. The minimum absolute atomic E-state index is 0.314. The van der Waals surface area contributed by atoms with Crippen LogP contribution < -0.4 is 10.6 Å². The van der Waals surface area contributed by atoms with E-state index in [1.165, 1.54) is 12.1 Å². The topological polar surface area (TPSA) is 76.0 Å². The van der Waals surface area contributed by atoms with Crippen LogP contribution >= 0.6 is 0 Å². The first kappa shape index (κ1) is 21.7. The Kier molecular flexibility index (Phi) is 6.08. The summed E-state index contributed by atoms with van der Waals surface area (Å²) in [4.78, 5) is 26.2. The Hall–Kier alpha value is -3.48. The van der Waals surface area contributed by atoms with Crippen LogP contribution in [-0.4, -0.2) is 27.6 Å². The molecule has 0 spiro atoms. The van der Waals surface area contributed by atoms with Crippen LogP contribution in [0.4, 0.5) is 10.2 Å². The largest absolute Gasteiger partial charge is 0.339 e. The molecule has 166 valence electrons. The molecule has 4 rings (SSSR count). The number of hydrogen-bond donors (Lipinski definition) is 2. The van der Waals surface area contributed by atoms with Gasteiger partial charge in [-0.25, -0.2) is 9.07 Å². The number of nitrogens with one attached hydrogen (secondary N) is 2. The summed E-state index contributed by atoms with van der Waals surface area (Å²) in [6.45, 7) is 6.59. The van der Waals surface area contributed by atoms with Crippen molar-refractivity contribution in [2.75, 3.05) is 5.32 Å². The fourth-order valence-electron chi connectivity index (χ4n) is 4.27. The second-order valence-electron chi connectivity index (χ2n) is 8.26. The molecule has 6 nitrogen and oxygen atoms in total. The highest BCUT2D eigenvalue weighted by atomic mass is 19.1. The molecule has 32 heavy (non-hydrogen) atoms. The van der Waals surface area contributed by atoms with E-state index in [1.807, 2.05) is 30.7 Å². The zero-order valence-corrected chi connectivity index (χ0v) is 18.5. The molecule has 7 heteroatoms. The Morgan fingerprint density at radius 3 is 2.62 bits per heavy atom. The summed E-state index contributed by atoms with van der Waals surface area (Å²) in [7, 11) is 0. The van der Waals surface area contributed by atoms with Crippen LogP contribution in [0.15, 0.2) is 48.5 Å². The number of aromatic nitrogens is 2. The van der Waals surface area contributed by atoms with Crippen molar-refractivity contribution in [1.82, 2.24) is 15.1 Å². The van der Waals surface area contributed by atoms with E-state index >= 15 is 0 Å². The van der Waals surface area contributed by atoms with Crippen molar-refractivity contribution < 1.29 is 14.0 Å². The molecule has 1 aliphatic heterocycles. The van der Waals surface area contributed by atoms with Gasteiger partial charge in [0.15, 0.2) is 0 Å². The normalized spacial score (nSPS) is 17.6. The van der Waals surface area contributed by atoms with E-state index in [9.17, 15) is 14.0 Å². The lowest BCUT2D eigenvalue weighted by molar-refractivity contribution is -0.118. The Morgan fingerprint density at radius 1 is 1.19 bits per heavy atom. The predicted molar refractivity (Wildman–Crippen MR) is 121 cm³/mol. The monoisotopic (exact) mass is 434 g/mol. The molecule has 2 amide bonds. The number of fused-ring (bicyclic) bond motifs is 1. The highest BCUT2D eigenvalue weighted by Gasteiger charge is 2.41. The summed E-state index contributed by atoms with van der Waals surface area (Å²) in [6, 6.07) is 12.4. The minimum Gasteiger partial charge on any atom is -0.339 e. The van der Waals surface area contributed by atoms with Crippen molar-refractivity contribution in [3.63, 3.8) is 0 Å². The number of hydrogen-bond acceptors (Lipinski definition) is 3. The quantitative estimate of drug-likeness (QED) is 0.607. The van der Waals surface area contributed by atoms with Gasteiger partial charge in [-0.2, -0.15) is 5.10 Å². The summed E-state index contributed by atoms with van der Waals surface area (Å²) in [5.74, 6) is -0.837. The Labute approximate surface area is 186 Å². The number of benzene rings is 2. The molecular weight excluding hydrogens is 407 g/mol. The van der Waals surface area contributed by atoms with Crippen LogP contribution in [0.3, 0.4) is 0 Å². The molecule has 2 atom stereocenters. The summed E-state index contributed by atoms with van der Waals surface area (Å²) in [5.41, 5.74) is 3.81. The van der Waals surface area contributed by atoms with E-state index in [4.69, 9.17) is 0 Å². The third kappa shape index (κ3) is 4.15. The van der Waals surface area contributed by atoms with Gasteiger partial charge < -0.3 is 10.6 Å². The number of carbonyl (C=O) groups is 2. The third-order valence-electron chi connectivity index (χ3n) is 5.86. The zero-order chi connectivity index (χ0) is 22.8. The highest BCUT2D eigenvalue weighted by Crippen LogP contribution is 2.39. The minimum atomic E-state index is -0.858. The molecule has 0 bridgehead atoms. The molecule has 0 saturated heterocycles. The summed E-state index contributed by atoms with van der Waals surface area (Å²) in [5, 5.41) is 10.5. The summed E-state index contributed by atoms with van der Waals surface area (Å²) in [6.07, 6.45) is 1.93. The fourth-order valence-corrected chi connectivity index (χ4v) is 4.27. The lowest BCUT2D eigenvalue weighted by atomic mass is 9.82. The highest BCUT2D eigenvalue weighted by molar-refractivity contribution is 6.04. The standard InChI is InChI=1S/C25H27FN4O2/c1-4-5-13-30-23-20(16(3)29-30)21(17-9-11-19(26)12-10-17)22(25(32)28-23)27-24(31)18-8-6-7-15(2)14-18/h6-12,14,21-22H,4-5,13H2,1-3H3,(H,27,31)(H,28,32)/t21-,22+/m1/s1. The lowest BCUT2D eigenvalue weighted by Crippen LogP contribution is -2.50. The lowest BCUT2D eigenvalue weighted by Gasteiger charge is -2.33. The van der Waals surface area contributed by atoms with Crippen LogP contribution in [0.5, 0.6) is 0 Å². The van der Waals surface area contributed by atoms with Crippen LogP contribution in [0.25, 0.3) is 0 Å². The molecule has 0 unspecified atom stereocenters. The second kappa shape index (κ2) is 8.94. The third-order valence-corrected chi connectivity index (χ3v) is 5.86. The van der Waals surface area contributed by atoms with Crippen LogP contribution in [0.2, 0.25) is 0 Å². The molecule has 0 saturated carbocycles. The van der Waals surface area contributed by atoms with Crippen molar-refractivity contribution in [3.8, 4) is 0 Å². The summed E-state index contributed by atoms with van der Waals surface area (Å²) >= 11 is 0. The van der Waals surface area contributed by atoms with E-state index in [0.717, 1.165) is 35.2 Å². The van der Waals surface area contributed by atoms with Gasteiger partial charge in [-0.05, 0) is 50.1 Å². The van der Waals surface area contributed by atoms with Crippen molar-refractivity contribution >= 4 is 17.6 Å². The van der Waals surface area contributed by atoms with Crippen molar-refractivity contribution in [1.29, 1.82) is 0 Å². The van der Waals surface area contributed by atoms with Gasteiger partial charge in [0.05, 0.1) is 5.69 Å². The van der Waals surface area contributed by atoms with E-state index in [-0.39, 0.29) is 17.6 Å². The molecule has 2 N–H and O–H groups in total. The SMILES string of the molecule is CCCCn1nc(C)c2c1NC(=O)[C@@H](NC(=O)c1cccc(C)c1)[C@@H]2c1ccc(F)cc1. The maximum absolute atomic E-state index is 13.7. The van der Waals surface area contributed by atoms with Crippen molar-refractivity contribution in [2.24, 2.45) is 0 Å². The number of carbonyl (C=O) groups excluding carboxylic acids is 2. The van der Waals surface area contributed by atoms with Crippen molar-refractivity contribution in [3.05, 3.63) is 82.3 Å². The Morgan fingerprint density at radius 2 is 1.94 bits per heavy atom. The van der Waals surface area contributed by atoms with Gasteiger partial charge in [0.1, 0.15) is 17.7 Å². The number of anilines is 1. The first-order valence-electron chi connectivity index (χ1n) is 10.9. The summed E-state index contributed by atoms with van der Waals surface area (Å²) < 4.78 is 15.5. The number of unbranched alkanes of at least 4 members (excludes halogenated alkanes) is 1. The molecule has 1 aliphatic rings. The van der Waals surface area contributed by atoms with E-state index in [2.05, 4.69) is 22.7 Å². The molecule has 2 aromatic carbocycles. The van der Waals surface area contributed by atoms with Gasteiger partial charge in [-0.1, -0.05) is 43.2 Å². The molecule has 0 aliphatic carbocycles. The molecule has 2 heterocycles. The number of aryl methyl sites for hydroxylation is 3. The predicted octanol–water partition coefficient (Wildman–Crippen LogP) is 4.32. The van der Waals surface area contributed by atoms with Gasteiger partial charge >= 0.3 is 0 Å². The average molecular weight is 435 g/mol. The number of nitrogens with zero attached hydrogens (tertiary/aromatic N) is 2. The average Bonchev–Trinajstić information content (AvgIpc) is 3.08. The maximum Gasteiger partial charge on any atom is 0.251 e. The molecule has 1 aromatic heterocycles. The number of amides is 2. The first-order chi connectivity index (χ1) is 15.4. The smallest absolute Gasteiger partial charge is 0.251 e. The first-order valence-corrected chi connectivity index (χ1v) is 10.9. The number of halogens is 1. The molecular formula is C25H27FN4O2. The van der Waals surface area contributed by atoms with Gasteiger partial charge in [0, 0.05) is 23.6 Å². The van der Waals surface area contributed by atoms with Crippen molar-refractivity contribution in [2.45, 2.75) is 52.1 Å². The van der Waals surface area contributed by atoms with Gasteiger partial charge in [-0.3, -0.25) is 9.59 Å². The van der Waals surface area contributed by atoms with E-state index < -0.39 is 12.0 Å². The van der Waals surface area contributed by atoms with E-state index in [1.54, 1.807) is 24.3 Å². The van der Waals surface area contributed by atoms with Gasteiger partial charge in [0.25, 0.3) is 5.91 Å². The van der Waals surface area contributed by atoms with Crippen LogP contribution in [0.1, 0.15) is 58.4 Å². The zero-order valence-electron chi connectivity index (χ0n) is 18.5. The number of rotatable bonds is 6. The Balaban J connectivity index is 1.77. The van der Waals surface area contributed by atoms with E-state index in [0.29, 0.717) is 17.9 Å². The fraction of sp³-hybridized carbons (Fsp3) is 0.320. The molecule has 3 aromatic rings. The molecule has 0 radical (unpaired) electrons. The van der Waals surface area contributed by atoms with Gasteiger partial charge in [0.2, 0.25) is 5.91 Å². The van der Waals surface area contributed by atoms with Crippen LogP contribution in [0, 0.1) is 19.7 Å². The maximum atomic E-state index is 13.7. The van der Waals surface area contributed by atoms with Gasteiger partial charge in [-0.15, -0.1) is 0 Å².